The summed E-state index contributed by atoms with van der Waals surface area (Å²) in [6, 6.07) is 0. The Balaban J connectivity index is 3.48. The molecular formula is C13H27NO3. The molecule has 0 aliphatic rings. The third-order valence-corrected chi connectivity index (χ3v) is 2.40. The van der Waals surface area contributed by atoms with E-state index in [0.717, 1.165) is 26.2 Å². The molecule has 0 rings (SSSR count). The summed E-state index contributed by atoms with van der Waals surface area (Å²) in [6.45, 7) is 11.1. The normalized spacial score (nSPS) is 11.9. The Morgan fingerprint density at radius 3 is 2.53 bits per heavy atom. The van der Waals surface area contributed by atoms with E-state index < -0.39 is 5.41 Å². The maximum Gasteiger partial charge on any atom is 0.312 e. The maximum atomic E-state index is 11.4. The molecular weight excluding hydrogens is 218 g/mol. The molecule has 0 aromatic heterocycles. The summed E-state index contributed by atoms with van der Waals surface area (Å²) in [4.78, 5) is 11.4. The number of hydrogen-bond donors (Lipinski definition) is 1. The van der Waals surface area contributed by atoms with E-state index in [0.29, 0.717) is 12.5 Å². The predicted molar refractivity (Wildman–Crippen MR) is 68.9 cm³/mol. The van der Waals surface area contributed by atoms with Gasteiger partial charge in [0.15, 0.2) is 0 Å². The number of ether oxygens (including phenoxy) is 2. The monoisotopic (exact) mass is 245 g/mol. The van der Waals surface area contributed by atoms with Gasteiger partial charge in [-0.05, 0) is 32.7 Å². The van der Waals surface area contributed by atoms with E-state index in [-0.39, 0.29) is 5.97 Å². The van der Waals surface area contributed by atoms with Crippen LogP contribution in [0.2, 0.25) is 0 Å². The first kappa shape index (κ1) is 16.4. The van der Waals surface area contributed by atoms with Crippen LogP contribution in [-0.4, -0.2) is 39.4 Å². The number of methoxy groups -OCH3 is 1. The molecule has 0 radical (unpaired) electrons. The zero-order valence-corrected chi connectivity index (χ0v) is 11.8. The highest BCUT2D eigenvalue weighted by Crippen LogP contribution is 2.15. The predicted octanol–water partition coefficient (Wildman–Crippen LogP) is 1.84. The third-order valence-electron chi connectivity index (χ3n) is 2.40. The standard InChI is InChI=1S/C13H27NO3/c1-11(2)9-17-8-6-7-14-10-13(3,4)12(15)16-5/h11,14H,6-10H2,1-5H3. The number of carbonyl (C=O) groups excluding carboxylic acids is 1. The average Bonchev–Trinajstić information content (AvgIpc) is 2.26. The van der Waals surface area contributed by atoms with Gasteiger partial charge in [-0.3, -0.25) is 4.79 Å². The highest BCUT2D eigenvalue weighted by Gasteiger charge is 2.27. The number of carbonyl (C=O) groups is 1. The Kier molecular flexibility index (Phi) is 8.17. The molecule has 102 valence electrons. The summed E-state index contributed by atoms with van der Waals surface area (Å²) in [5.41, 5.74) is -0.465. The summed E-state index contributed by atoms with van der Waals surface area (Å²) in [6.07, 6.45) is 0.962. The summed E-state index contributed by atoms with van der Waals surface area (Å²) in [7, 11) is 1.42. The second kappa shape index (κ2) is 8.48. The van der Waals surface area contributed by atoms with Crippen LogP contribution in [0.15, 0.2) is 0 Å². The molecule has 4 nitrogen and oxygen atoms in total. The van der Waals surface area contributed by atoms with Crippen LogP contribution in [0.3, 0.4) is 0 Å². The maximum absolute atomic E-state index is 11.4. The molecule has 0 amide bonds. The Hall–Kier alpha value is -0.610. The molecule has 1 N–H and O–H groups in total. The van der Waals surface area contributed by atoms with Gasteiger partial charge >= 0.3 is 5.97 Å². The van der Waals surface area contributed by atoms with Crippen molar-refractivity contribution < 1.29 is 14.3 Å². The summed E-state index contributed by atoms with van der Waals surface area (Å²) in [5, 5.41) is 3.25. The van der Waals surface area contributed by atoms with Crippen molar-refractivity contribution in [3.63, 3.8) is 0 Å². The van der Waals surface area contributed by atoms with Crippen molar-refractivity contribution >= 4 is 5.97 Å². The van der Waals surface area contributed by atoms with Crippen molar-refractivity contribution in [2.45, 2.75) is 34.1 Å². The molecule has 17 heavy (non-hydrogen) atoms. The van der Waals surface area contributed by atoms with Crippen molar-refractivity contribution in [3.8, 4) is 0 Å². The van der Waals surface area contributed by atoms with Crippen LogP contribution in [0, 0.1) is 11.3 Å². The van der Waals surface area contributed by atoms with Gasteiger partial charge in [0.25, 0.3) is 0 Å². The molecule has 0 aliphatic heterocycles. The molecule has 0 fully saturated rings. The largest absolute Gasteiger partial charge is 0.469 e. The van der Waals surface area contributed by atoms with Crippen molar-refractivity contribution in [1.29, 1.82) is 0 Å². The molecule has 0 aromatic carbocycles. The van der Waals surface area contributed by atoms with Crippen LogP contribution >= 0.6 is 0 Å². The molecule has 0 atom stereocenters. The van der Waals surface area contributed by atoms with Crippen LogP contribution in [0.1, 0.15) is 34.1 Å². The quantitative estimate of drug-likeness (QED) is 0.497. The molecule has 0 saturated heterocycles. The highest BCUT2D eigenvalue weighted by molar-refractivity contribution is 5.75. The Morgan fingerprint density at radius 2 is 2.00 bits per heavy atom. The van der Waals surface area contributed by atoms with E-state index in [1.165, 1.54) is 7.11 Å². The Labute approximate surface area is 105 Å². The van der Waals surface area contributed by atoms with Crippen LogP contribution in [0.5, 0.6) is 0 Å². The Morgan fingerprint density at radius 1 is 1.35 bits per heavy atom. The number of nitrogens with one attached hydrogen (secondary N) is 1. The van der Waals surface area contributed by atoms with Gasteiger partial charge in [-0.25, -0.2) is 0 Å². The van der Waals surface area contributed by atoms with E-state index in [4.69, 9.17) is 9.47 Å². The van der Waals surface area contributed by atoms with Gasteiger partial charge < -0.3 is 14.8 Å². The van der Waals surface area contributed by atoms with Gasteiger partial charge in [-0.15, -0.1) is 0 Å². The van der Waals surface area contributed by atoms with E-state index in [9.17, 15) is 4.79 Å². The fourth-order valence-corrected chi connectivity index (χ4v) is 1.37. The van der Waals surface area contributed by atoms with Gasteiger partial charge in [-0.1, -0.05) is 13.8 Å². The van der Waals surface area contributed by atoms with Gasteiger partial charge in [-0.2, -0.15) is 0 Å². The summed E-state index contributed by atoms with van der Waals surface area (Å²) in [5.74, 6) is 0.405. The summed E-state index contributed by atoms with van der Waals surface area (Å²) < 4.78 is 10.2. The van der Waals surface area contributed by atoms with Crippen LogP contribution < -0.4 is 5.32 Å². The third kappa shape index (κ3) is 8.16. The lowest BCUT2D eigenvalue weighted by molar-refractivity contribution is -0.150. The molecule has 0 aromatic rings. The van der Waals surface area contributed by atoms with Gasteiger partial charge in [0.2, 0.25) is 0 Å². The number of hydrogen-bond acceptors (Lipinski definition) is 4. The molecule has 0 unspecified atom stereocenters. The second-order valence-electron chi connectivity index (χ2n) is 5.37. The van der Waals surface area contributed by atoms with Crippen LogP contribution in [0.4, 0.5) is 0 Å². The zero-order chi connectivity index (χ0) is 13.3. The first-order valence-corrected chi connectivity index (χ1v) is 6.27. The zero-order valence-electron chi connectivity index (χ0n) is 11.8. The highest BCUT2D eigenvalue weighted by atomic mass is 16.5. The topological polar surface area (TPSA) is 47.6 Å². The fraction of sp³-hybridized carbons (Fsp3) is 0.923. The van der Waals surface area contributed by atoms with Crippen molar-refractivity contribution in [2.24, 2.45) is 11.3 Å². The summed E-state index contributed by atoms with van der Waals surface area (Å²) >= 11 is 0. The molecule has 0 saturated carbocycles. The Bertz CT molecular complexity index is 215. The van der Waals surface area contributed by atoms with Gasteiger partial charge in [0, 0.05) is 19.8 Å². The number of esters is 1. The van der Waals surface area contributed by atoms with Crippen LogP contribution in [-0.2, 0) is 14.3 Å². The SMILES string of the molecule is COC(=O)C(C)(C)CNCCCOCC(C)C. The average molecular weight is 245 g/mol. The molecule has 0 aliphatic carbocycles. The van der Waals surface area contributed by atoms with Gasteiger partial charge in [0.05, 0.1) is 12.5 Å². The molecule has 0 heterocycles. The van der Waals surface area contributed by atoms with E-state index in [2.05, 4.69) is 19.2 Å². The van der Waals surface area contributed by atoms with Crippen molar-refractivity contribution in [1.82, 2.24) is 5.32 Å². The van der Waals surface area contributed by atoms with Crippen molar-refractivity contribution in [3.05, 3.63) is 0 Å². The molecule has 4 heteroatoms. The molecule has 0 spiro atoms. The minimum atomic E-state index is -0.465. The lowest BCUT2D eigenvalue weighted by Crippen LogP contribution is -2.37. The minimum absolute atomic E-state index is 0.180. The first-order valence-electron chi connectivity index (χ1n) is 6.27. The lowest BCUT2D eigenvalue weighted by atomic mass is 9.94. The van der Waals surface area contributed by atoms with E-state index in [1.807, 2.05) is 13.8 Å². The van der Waals surface area contributed by atoms with Gasteiger partial charge in [0.1, 0.15) is 0 Å². The van der Waals surface area contributed by atoms with Crippen LogP contribution in [0.25, 0.3) is 0 Å². The van der Waals surface area contributed by atoms with E-state index in [1.54, 1.807) is 0 Å². The lowest BCUT2D eigenvalue weighted by Gasteiger charge is -2.21. The minimum Gasteiger partial charge on any atom is -0.469 e. The van der Waals surface area contributed by atoms with E-state index >= 15 is 0 Å². The fourth-order valence-electron chi connectivity index (χ4n) is 1.37. The van der Waals surface area contributed by atoms with Crippen molar-refractivity contribution in [2.75, 3.05) is 33.4 Å². The first-order chi connectivity index (χ1) is 7.90. The smallest absolute Gasteiger partial charge is 0.312 e. The number of rotatable bonds is 9. The molecule has 0 bridgehead atoms. The second-order valence-corrected chi connectivity index (χ2v) is 5.37.